The van der Waals surface area contributed by atoms with Crippen LogP contribution in [0.2, 0.25) is 0 Å². The van der Waals surface area contributed by atoms with E-state index >= 15 is 0 Å². The fourth-order valence-corrected chi connectivity index (χ4v) is 10.0. The maximum absolute atomic E-state index is 9.83. The minimum Gasteiger partial charge on any atom is -0.509 e. The Morgan fingerprint density at radius 3 is 2.14 bits per heavy atom. The fraction of sp³-hybridized carbons (Fsp3) is 0.123. The number of para-hydroxylation sites is 2. The summed E-state index contributed by atoms with van der Waals surface area (Å²) in [5, 5.41) is 12.0. The average molecular weight is 1030 g/mol. The van der Waals surface area contributed by atoms with E-state index in [2.05, 4.69) is 165 Å². The van der Waals surface area contributed by atoms with Crippen LogP contribution in [0.25, 0.3) is 60.9 Å². The van der Waals surface area contributed by atoms with E-state index in [0.717, 1.165) is 134 Å². The molecule has 66 heavy (non-hydrogen) atoms. The molecule has 10 aromatic rings. The number of nitrogens with zero attached hydrogens (tertiary/aromatic N) is 7. The van der Waals surface area contributed by atoms with Crippen molar-refractivity contribution in [3.63, 3.8) is 0 Å². The summed E-state index contributed by atoms with van der Waals surface area (Å²) in [6.45, 7) is 3.16. The van der Waals surface area contributed by atoms with Crippen LogP contribution in [0.3, 0.4) is 0 Å². The molecule has 0 spiro atoms. The number of pyridine rings is 1. The minimum absolute atomic E-state index is 0. The third kappa shape index (κ3) is 6.52. The molecule has 2 aliphatic heterocycles. The van der Waals surface area contributed by atoms with Crippen LogP contribution < -0.4 is 14.5 Å². The number of anilines is 4. The van der Waals surface area contributed by atoms with Crippen LogP contribution in [0.4, 0.5) is 22.7 Å². The largest absolute Gasteiger partial charge is 0.509 e. The van der Waals surface area contributed by atoms with Crippen LogP contribution in [0.1, 0.15) is 37.1 Å². The van der Waals surface area contributed by atoms with Gasteiger partial charge in [0.2, 0.25) is 0 Å². The monoisotopic (exact) mass is 1030 g/mol. The van der Waals surface area contributed by atoms with Crippen molar-refractivity contribution in [1.29, 1.82) is 5.26 Å². The van der Waals surface area contributed by atoms with Gasteiger partial charge in [-0.25, -0.2) is 9.97 Å². The Kier molecular flexibility index (Phi) is 9.66. The Bertz CT molecular complexity index is 3480. The van der Waals surface area contributed by atoms with E-state index in [0.29, 0.717) is 11.5 Å². The zero-order valence-electron chi connectivity index (χ0n) is 35.8. The summed E-state index contributed by atoms with van der Waals surface area (Å²) in [4.78, 5) is 14.7. The molecular weight excluding hydrogens is 994 g/mol. The van der Waals surface area contributed by atoms with E-state index in [1.807, 2.05) is 42.6 Å². The van der Waals surface area contributed by atoms with Crippen LogP contribution in [0.5, 0.6) is 11.5 Å². The van der Waals surface area contributed by atoms with Gasteiger partial charge in [0.15, 0.2) is 0 Å². The molecule has 7 aromatic carbocycles. The molecule has 8 nitrogen and oxygen atoms in total. The predicted octanol–water partition coefficient (Wildman–Crippen LogP) is 13.6. The average Bonchev–Trinajstić information content (AvgIpc) is 3.82. The number of hydrogen-bond acceptors (Lipinski definition) is 6. The van der Waals surface area contributed by atoms with Crippen molar-refractivity contribution >= 4 is 55.6 Å². The van der Waals surface area contributed by atoms with Gasteiger partial charge >= 0.3 is 0 Å². The van der Waals surface area contributed by atoms with Gasteiger partial charge in [0.05, 0.1) is 22.5 Å². The first-order valence-corrected chi connectivity index (χ1v) is 22.4. The molecule has 5 heterocycles. The number of rotatable bonds is 8. The Labute approximate surface area is 397 Å². The molecule has 1 fully saturated rings. The summed E-state index contributed by atoms with van der Waals surface area (Å²) in [7, 11) is 0. The summed E-state index contributed by atoms with van der Waals surface area (Å²) >= 11 is 0. The van der Waals surface area contributed by atoms with E-state index in [1.54, 1.807) is 0 Å². The normalized spacial score (nSPS) is 14.8. The molecule has 322 valence electrons. The zero-order chi connectivity index (χ0) is 43.1. The summed E-state index contributed by atoms with van der Waals surface area (Å²) in [6.07, 6.45) is 6.89. The minimum atomic E-state index is -0.402. The second-order valence-corrected chi connectivity index (χ2v) is 17.3. The Balaban J connectivity index is 0.00000456. The van der Waals surface area contributed by atoms with Crippen molar-refractivity contribution in [1.82, 2.24) is 19.1 Å². The van der Waals surface area contributed by atoms with Crippen molar-refractivity contribution in [2.45, 2.75) is 44.1 Å². The number of benzene rings is 7. The summed E-state index contributed by atoms with van der Waals surface area (Å²) in [5.41, 5.74) is 13.2. The van der Waals surface area contributed by atoms with E-state index in [-0.39, 0.29) is 21.1 Å². The van der Waals surface area contributed by atoms with Gasteiger partial charge in [0, 0.05) is 85.4 Å². The van der Waals surface area contributed by atoms with Crippen molar-refractivity contribution < 1.29 is 25.8 Å². The third-order valence-corrected chi connectivity index (χ3v) is 13.4. The molecule has 0 saturated heterocycles. The van der Waals surface area contributed by atoms with Gasteiger partial charge in [0.25, 0.3) is 0 Å². The number of aromatic nitrogens is 4. The smallest absolute Gasteiger partial charge is 0.135 e. The van der Waals surface area contributed by atoms with E-state index < -0.39 is 5.41 Å². The van der Waals surface area contributed by atoms with E-state index in [9.17, 15) is 5.26 Å². The fourth-order valence-electron chi connectivity index (χ4n) is 10.0. The quantitative estimate of drug-likeness (QED) is 0.141. The molecule has 1 aliphatic carbocycles. The molecule has 3 aromatic heterocycles. The number of hydrogen-bond donors (Lipinski definition) is 0. The van der Waals surface area contributed by atoms with Crippen molar-refractivity contribution in [3.05, 3.63) is 194 Å². The molecule has 1 saturated carbocycles. The Morgan fingerprint density at radius 1 is 0.667 bits per heavy atom. The molecule has 0 unspecified atom stereocenters. The Morgan fingerprint density at radius 2 is 1.39 bits per heavy atom. The van der Waals surface area contributed by atoms with E-state index in [1.165, 1.54) is 0 Å². The van der Waals surface area contributed by atoms with Crippen LogP contribution in [-0.4, -0.2) is 19.1 Å². The molecule has 0 amide bonds. The number of imidazole rings is 1. The molecule has 0 radical (unpaired) electrons. The third-order valence-electron chi connectivity index (χ3n) is 13.4. The molecule has 3 aliphatic rings. The number of fused-ring (bicyclic) bond motifs is 7. The van der Waals surface area contributed by atoms with Gasteiger partial charge in [-0.3, -0.25) is 0 Å². The van der Waals surface area contributed by atoms with E-state index in [4.69, 9.17) is 14.7 Å². The first kappa shape index (κ1) is 40.1. The topological polar surface area (TPSA) is 75.1 Å². The summed E-state index contributed by atoms with van der Waals surface area (Å²) < 4.78 is 11.2. The van der Waals surface area contributed by atoms with Crippen LogP contribution in [-0.2, 0) is 39.4 Å². The van der Waals surface area contributed by atoms with Gasteiger partial charge in [-0.2, -0.15) is 17.4 Å². The van der Waals surface area contributed by atoms with Gasteiger partial charge in [-0.1, -0.05) is 109 Å². The number of nitriles is 1. The molecule has 0 atom stereocenters. The molecular formula is C57H40N7OPt-3. The summed E-state index contributed by atoms with van der Waals surface area (Å²) in [5.74, 6) is 3.05. The second kappa shape index (κ2) is 15.9. The van der Waals surface area contributed by atoms with Gasteiger partial charge < -0.3 is 23.7 Å². The molecule has 9 heteroatoms. The molecule has 0 N–H and O–H groups in total. The van der Waals surface area contributed by atoms with Crippen LogP contribution in [0.15, 0.2) is 164 Å². The zero-order valence-corrected chi connectivity index (χ0v) is 38.0. The Hall–Kier alpha value is -7.46. The second-order valence-electron chi connectivity index (χ2n) is 17.3. The standard InChI is InChI=1S/C57H40N7O.Pt/c58-36-57(28-29-57)40-24-27-54(59-35-40)64-49-22-8-7-19-46(49)47-26-25-43(32-50(47)64)65-42-18-11-17-41(31-42)62-37-63(53-34-51-48(33-52(53)62)60-55-23-9-10-30-61(51)55)56-44(38-13-3-1-4-14-38)20-12-21-45(56)39-15-5-2-6-16-39;/h1-8,11-22,24-27,33-35,37H,9-10,23,28-30H2;/q-3;. The first-order valence-electron chi connectivity index (χ1n) is 22.4. The number of aryl methyl sites for hydroxylation is 2. The first-order chi connectivity index (χ1) is 32.1. The SMILES string of the molecule is N#CC1(c2ccc(-n3c4[c-]c(Oc5[c-]c(N6[CH-]N(c7c(-c8ccccc8)cccc7-c7ccccc7)c7cc8c(cc76)nc6n8CCCC6)ccc5)ccc4c4ccccc43)nc2)CC1.[Pt]. The molecule has 0 bridgehead atoms. The van der Waals surface area contributed by atoms with Gasteiger partial charge in [0.1, 0.15) is 11.6 Å². The van der Waals surface area contributed by atoms with Gasteiger partial charge in [-0.05, 0) is 72.0 Å². The van der Waals surface area contributed by atoms with Crippen molar-refractivity contribution in [2.75, 3.05) is 9.80 Å². The predicted molar refractivity (Wildman–Crippen MR) is 258 cm³/mol. The maximum atomic E-state index is 9.83. The maximum Gasteiger partial charge on any atom is 0.135 e. The number of ether oxygens (including phenoxy) is 1. The van der Waals surface area contributed by atoms with Crippen molar-refractivity contribution in [3.8, 4) is 45.6 Å². The van der Waals surface area contributed by atoms with Crippen LogP contribution >= 0.6 is 0 Å². The molecule has 13 rings (SSSR count). The van der Waals surface area contributed by atoms with Crippen molar-refractivity contribution in [2.24, 2.45) is 0 Å². The summed E-state index contributed by atoms with van der Waals surface area (Å²) in [6, 6.07) is 64.8. The van der Waals surface area contributed by atoms with Gasteiger partial charge in [-0.15, -0.1) is 48.1 Å². The van der Waals surface area contributed by atoms with Crippen LogP contribution in [0, 0.1) is 30.1 Å².